The van der Waals surface area contributed by atoms with Crippen molar-refractivity contribution in [3.05, 3.63) is 24.3 Å². The number of nitrogens with zero attached hydrogens (tertiary/aromatic N) is 2. The Morgan fingerprint density at radius 3 is 2.94 bits per heavy atom. The highest BCUT2D eigenvalue weighted by molar-refractivity contribution is 4.97. The molecule has 2 heterocycles. The summed E-state index contributed by atoms with van der Waals surface area (Å²) in [6, 6.07) is 0. The van der Waals surface area contributed by atoms with Crippen LogP contribution in [0.4, 0.5) is 0 Å². The molecule has 0 aliphatic carbocycles. The lowest BCUT2D eigenvalue weighted by atomic mass is 9.99. The first-order valence-corrected chi connectivity index (χ1v) is 5.94. The van der Waals surface area contributed by atoms with Gasteiger partial charge in [0.2, 0.25) is 0 Å². The highest BCUT2D eigenvalue weighted by Crippen LogP contribution is 2.18. The molecule has 2 rings (SSSR count). The largest absolute Gasteiger partial charge is 0.372 e. The minimum absolute atomic E-state index is 0.0450. The van der Waals surface area contributed by atoms with Crippen LogP contribution in [0.2, 0.25) is 0 Å². The number of nitrogens with one attached hydrogen (secondary N) is 1. The fourth-order valence-electron chi connectivity index (χ4n) is 1.93. The Kier molecular flexibility index (Phi) is 4.25. The van der Waals surface area contributed by atoms with Gasteiger partial charge in [0.05, 0.1) is 24.6 Å². The zero-order valence-electron chi connectivity index (χ0n) is 9.72. The summed E-state index contributed by atoms with van der Waals surface area (Å²) in [5.74, 6) is 0.695. The molecular weight excluding hydrogens is 202 g/mol. The molecule has 4 heteroatoms. The van der Waals surface area contributed by atoms with E-state index in [4.69, 9.17) is 4.74 Å². The SMILES string of the molecule is CC(OCC1CCNCC1)c1cnccn1. The van der Waals surface area contributed by atoms with Crippen molar-refractivity contribution < 1.29 is 4.74 Å². The van der Waals surface area contributed by atoms with Gasteiger partial charge in [0.15, 0.2) is 0 Å². The molecule has 1 fully saturated rings. The van der Waals surface area contributed by atoms with Gasteiger partial charge in [-0.2, -0.15) is 0 Å². The fourth-order valence-corrected chi connectivity index (χ4v) is 1.93. The van der Waals surface area contributed by atoms with Gasteiger partial charge in [-0.25, -0.2) is 0 Å². The molecule has 1 N–H and O–H groups in total. The third kappa shape index (κ3) is 3.25. The molecule has 1 unspecified atom stereocenters. The average molecular weight is 221 g/mol. The molecule has 1 atom stereocenters. The second-order valence-corrected chi connectivity index (χ2v) is 4.30. The zero-order valence-corrected chi connectivity index (χ0v) is 9.72. The number of hydrogen-bond acceptors (Lipinski definition) is 4. The molecule has 16 heavy (non-hydrogen) atoms. The monoisotopic (exact) mass is 221 g/mol. The smallest absolute Gasteiger partial charge is 0.0982 e. The maximum atomic E-state index is 5.84. The average Bonchev–Trinajstić information content (AvgIpc) is 2.38. The molecule has 1 aromatic heterocycles. The third-order valence-electron chi connectivity index (χ3n) is 3.04. The topological polar surface area (TPSA) is 47.0 Å². The molecule has 0 radical (unpaired) electrons. The van der Waals surface area contributed by atoms with Crippen molar-refractivity contribution in [2.24, 2.45) is 5.92 Å². The first-order chi connectivity index (χ1) is 7.86. The van der Waals surface area contributed by atoms with Crippen LogP contribution < -0.4 is 5.32 Å². The highest BCUT2D eigenvalue weighted by atomic mass is 16.5. The molecule has 4 nitrogen and oxygen atoms in total. The predicted octanol–water partition coefficient (Wildman–Crippen LogP) is 1.55. The zero-order chi connectivity index (χ0) is 11.2. The van der Waals surface area contributed by atoms with Gasteiger partial charge in [-0.3, -0.25) is 9.97 Å². The number of ether oxygens (including phenoxy) is 1. The van der Waals surface area contributed by atoms with Crippen molar-refractivity contribution in [2.45, 2.75) is 25.9 Å². The minimum atomic E-state index is 0.0450. The molecule has 1 aliphatic rings. The predicted molar refractivity (Wildman–Crippen MR) is 62.0 cm³/mol. The second kappa shape index (κ2) is 5.92. The van der Waals surface area contributed by atoms with E-state index in [2.05, 4.69) is 15.3 Å². The van der Waals surface area contributed by atoms with Gasteiger partial charge in [0.25, 0.3) is 0 Å². The number of hydrogen-bond donors (Lipinski definition) is 1. The van der Waals surface area contributed by atoms with Crippen LogP contribution in [0.3, 0.4) is 0 Å². The van der Waals surface area contributed by atoms with Crippen LogP contribution in [0.15, 0.2) is 18.6 Å². The summed E-state index contributed by atoms with van der Waals surface area (Å²) in [6.07, 6.45) is 7.64. The molecule has 0 bridgehead atoms. The quantitative estimate of drug-likeness (QED) is 0.838. The molecular formula is C12H19N3O. The molecule has 0 saturated carbocycles. The van der Waals surface area contributed by atoms with E-state index in [9.17, 15) is 0 Å². The lowest BCUT2D eigenvalue weighted by molar-refractivity contribution is 0.0295. The molecule has 1 aromatic rings. The normalized spacial score (nSPS) is 19.6. The van der Waals surface area contributed by atoms with E-state index in [1.54, 1.807) is 18.6 Å². The van der Waals surface area contributed by atoms with Gasteiger partial charge >= 0.3 is 0 Å². The van der Waals surface area contributed by atoms with Gasteiger partial charge in [-0.05, 0) is 38.8 Å². The van der Waals surface area contributed by atoms with E-state index in [0.717, 1.165) is 25.4 Å². The highest BCUT2D eigenvalue weighted by Gasteiger charge is 2.15. The maximum absolute atomic E-state index is 5.84. The van der Waals surface area contributed by atoms with Crippen molar-refractivity contribution in [3.63, 3.8) is 0 Å². The second-order valence-electron chi connectivity index (χ2n) is 4.30. The molecule has 0 spiro atoms. The van der Waals surface area contributed by atoms with E-state index in [0.29, 0.717) is 5.92 Å². The molecule has 0 aromatic carbocycles. The number of aromatic nitrogens is 2. The molecule has 0 amide bonds. The first-order valence-electron chi connectivity index (χ1n) is 5.94. The van der Waals surface area contributed by atoms with Crippen LogP contribution in [0.1, 0.15) is 31.6 Å². The van der Waals surface area contributed by atoms with Gasteiger partial charge in [0.1, 0.15) is 0 Å². The van der Waals surface area contributed by atoms with Crippen LogP contribution in [0.5, 0.6) is 0 Å². The van der Waals surface area contributed by atoms with Crippen LogP contribution >= 0.6 is 0 Å². The van der Waals surface area contributed by atoms with Crippen molar-refractivity contribution in [3.8, 4) is 0 Å². The van der Waals surface area contributed by atoms with E-state index >= 15 is 0 Å². The van der Waals surface area contributed by atoms with Gasteiger partial charge in [0, 0.05) is 12.4 Å². The van der Waals surface area contributed by atoms with Crippen molar-refractivity contribution in [2.75, 3.05) is 19.7 Å². The summed E-state index contributed by atoms with van der Waals surface area (Å²) in [5, 5.41) is 3.36. The van der Waals surface area contributed by atoms with E-state index in [1.165, 1.54) is 12.8 Å². The number of piperidine rings is 1. The first kappa shape index (κ1) is 11.5. The summed E-state index contributed by atoms with van der Waals surface area (Å²) in [4.78, 5) is 8.29. The summed E-state index contributed by atoms with van der Waals surface area (Å²) < 4.78 is 5.84. The van der Waals surface area contributed by atoms with Crippen molar-refractivity contribution in [1.82, 2.24) is 15.3 Å². The Morgan fingerprint density at radius 1 is 1.44 bits per heavy atom. The third-order valence-corrected chi connectivity index (χ3v) is 3.04. The Morgan fingerprint density at radius 2 is 2.25 bits per heavy atom. The van der Waals surface area contributed by atoms with E-state index in [-0.39, 0.29) is 6.10 Å². The van der Waals surface area contributed by atoms with Crippen LogP contribution in [0.25, 0.3) is 0 Å². The van der Waals surface area contributed by atoms with E-state index in [1.807, 2.05) is 6.92 Å². The molecule has 1 saturated heterocycles. The number of rotatable bonds is 4. The standard InChI is InChI=1S/C12H19N3O/c1-10(12-8-14-6-7-15-12)16-9-11-2-4-13-5-3-11/h6-8,10-11,13H,2-5,9H2,1H3. The Balaban J connectivity index is 1.77. The minimum Gasteiger partial charge on any atom is -0.372 e. The van der Waals surface area contributed by atoms with E-state index < -0.39 is 0 Å². The maximum Gasteiger partial charge on any atom is 0.0982 e. The van der Waals surface area contributed by atoms with Gasteiger partial charge in [-0.15, -0.1) is 0 Å². The Hall–Kier alpha value is -1.00. The van der Waals surface area contributed by atoms with Crippen LogP contribution in [0, 0.1) is 5.92 Å². The van der Waals surface area contributed by atoms with Crippen molar-refractivity contribution in [1.29, 1.82) is 0 Å². The summed E-state index contributed by atoms with van der Waals surface area (Å²) in [5.41, 5.74) is 0.913. The van der Waals surface area contributed by atoms with Gasteiger partial charge in [-0.1, -0.05) is 0 Å². The fraction of sp³-hybridized carbons (Fsp3) is 0.667. The van der Waals surface area contributed by atoms with Crippen molar-refractivity contribution >= 4 is 0 Å². The summed E-state index contributed by atoms with van der Waals surface area (Å²) in [7, 11) is 0. The summed E-state index contributed by atoms with van der Waals surface area (Å²) >= 11 is 0. The van der Waals surface area contributed by atoms with Crippen LogP contribution in [-0.2, 0) is 4.74 Å². The lowest BCUT2D eigenvalue weighted by Gasteiger charge is -2.23. The Bertz CT molecular complexity index is 298. The van der Waals surface area contributed by atoms with Gasteiger partial charge < -0.3 is 10.1 Å². The van der Waals surface area contributed by atoms with Crippen LogP contribution in [-0.4, -0.2) is 29.7 Å². The molecule has 1 aliphatic heterocycles. The summed E-state index contributed by atoms with van der Waals surface area (Å²) in [6.45, 7) is 5.10. The Labute approximate surface area is 96.4 Å². The molecule has 88 valence electrons. The lowest BCUT2D eigenvalue weighted by Crippen LogP contribution is -2.30.